The second-order valence-electron chi connectivity index (χ2n) is 8.24. The van der Waals surface area contributed by atoms with Crippen molar-refractivity contribution in [2.24, 2.45) is 0 Å². The SMILES string of the molecule is Cc1ccc2c(c1)-c1c(ccc3ccccc13)C2(c1ccccc1)c1ccccc1. The zero-order chi connectivity index (χ0) is 20.1. The number of hydrogen-bond donors (Lipinski definition) is 0. The van der Waals surface area contributed by atoms with Crippen molar-refractivity contribution in [3.63, 3.8) is 0 Å². The average molecular weight is 383 g/mol. The monoisotopic (exact) mass is 382 g/mol. The molecule has 30 heavy (non-hydrogen) atoms. The summed E-state index contributed by atoms with van der Waals surface area (Å²) in [4.78, 5) is 0. The zero-order valence-corrected chi connectivity index (χ0v) is 17.0. The van der Waals surface area contributed by atoms with Crippen molar-refractivity contribution >= 4 is 10.8 Å². The van der Waals surface area contributed by atoms with E-state index in [0.717, 1.165) is 0 Å². The van der Waals surface area contributed by atoms with Crippen LogP contribution in [0.3, 0.4) is 0 Å². The van der Waals surface area contributed by atoms with E-state index in [-0.39, 0.29) is 5.41 Å². The van der Waals surface area contributed by atoms with Crippen LogP contribution in [0.15, 0.2) is 115 Å². The number of fused-ring (bicyclic) bond motifs is 5. The first-order chi connectivity index (χ1) is 14.8. The molecule has 0 bridgehead atoms. The molecule has 0 nitrogen and oxygen atoms in total. The molecule has 5 aromatic carbocycles. The first-order valence-electron chi connectivity index (χ1n) is 10.5. The molecule has 0 spiro atoms. The fraction of sp³-hybridized carbons (Fsp3) is 0.0667. The third kappa shape index (κ3) is 2.22. The van der Waals surface area contributed by atoms with Gasteiger partial charge in [0.2, 0.25) is 0 Å². The predicted octanol–water partition coefficient (Wildman–Crippen LogP) is 7.51. The summed E-state index contributed by atoms with van der Waals surface area (Å²) in [6.45, 7) is 2.19. The van der Waals surface area contributed by atoms with Crippen molar-refractivity contribution in [2.75, 3.05) is 0 Å². The Labute approximate surface area is 177 Å². The molecule has 1 aliphatic rings. The van der Waals surface area contributed by atoms with Gasteiger partial charge in [-0.3, -0.25) is 0 Å². The quantitative estimate of drug-likeness (QED) is 0.291. The second-order valence-corrected chi connectivity index (χ2v) is 8.24. The highest BCUT2D eigenvalue weighted by Gasteiger charge is 2.46. The van der Waals surface area contributed by atoms with Gasteiger partial charge in [0, 0.05) is 0 Å². The van der Waals surface area contributed by atoms with Gasteiger partial charge in [-0.2, -0.15) is 0 Å². The minimum absolute atomic E-state index is 0.315. The molecule has 0 fully saturated rings. The van der Waals surface area contributed by atoms with Crippen molar-refractivity contribution in [1.82, 2.24) is 0 Å². The molecule has 0 aromatic heterocycles. The number of hydrogen-bond acceptors (Lipinski definition) is 0. The van der Waals surface area contributed by atoms with Gasteiger partial charge >= 0.3 is 0 Å². The van der Waals surface area contributed by atoms with Crippen LogP contribution in [0.1, 0.15) is 27.8 Å². The number of rotatable bonds is 2. The van der Waals surface area contributed by atoms with E-state index in [0.29, 0.717) is 0 Å². The fourth-order valence-electron chi connectivity index (χ4n) is 5.38. The van der Waals surface area contributed by atoms with Crippen LogP contribution < -0.4 is 0 Å². The summed E-state index contributed by atoms with van der Waals surface area (Å²) in [5, 5.41) is 2.62. The summed E-state index contributed by atoms with van der Waals surface area (Å²) in [6.07, 6.45) is 0. The summed E-state index contributed by atoms with van der Waals surface area (Å²) in [7, 11) is 0. The van der Waals surface area contributed by atoms with Gasteiger partial charge in [0.25, 0.3) is 0 Å². The highest BCUT2D eigenvalue weighted by Crippen LogP contribution is 2.57. The van der Waals surface area contributed by atoms with Gasteiger partial charge in [-0.15, -0.1) is 0 Å². The summed E-state index contributed by atoms with van der Waals surface area (Å²) >= 11 is 0. The van der Waals surface area contributed by atoms with E-state index in [1.165, 1.54) is 49.7 Å². The Morgan fingerprint density at radius 1 is 0.533 bits per heavy atom. The molecule has 0 heteroatoms. The van der Waals surface area contributed by atoms with Crippen molar-refractivity contribution in [1.29, 1.82) is 0 Å². The smallest absolute Gasteiger partial charge is 0.0622 e. The van der Waals surface area contributed by atoms with E-state index >= 15 is 0 Å². The lowest BCUT2D eigenvalue weighted by atomic mass is 9.67. The second kappa shape index (κ2) is 6.43. The highest BCUT2D eigenvalue weighted by atomic mass is 14.5. The largest absolute Gasteiger partial charge is 0.0713 e. The maximum Gasteiger partial charge on any atom is 0.0713 e. The molecule has 0 N–H and O–H groups in total. The van der Waals surface area contributed by atoms with E-state index in [4.69, 9.17) is 0 Å². The molecular weight excluding hydrogens is 360 g/mol. The van der Waals surface area contributed by atoms with E-state index in [9.17, 15) is 0 Å². The Morgan fingerprint density at radius 2 is 1.13 bits per heavy atom. The first-order valence-corrected chi connectivity index (χ1v) is 10.5. The molecule has 0 atom stereocenters. The lowest BCUT2D eigenvalue weighted by Crippen LogP contribution is -2.28. The van der Waals surface area contributed by atoms with Crippen molar-refractivity contribution in [3.8, 4) is 11.1 Å². The third-order valence-electron chi connectivity index (χ3n) is 6.60. The van der Waals surface area contributed by atoms with Crippen LogP contribution in [0.2, 0.25) is 0 Å². The summed E-state index contributed by atoms with van der Waals surface area (Å²) in [5.74, 6) is 0. The fourth-order valence-corrected chi connectivity index (χ4v) is 5.38. The van der Waals surface area contributed by atoms with Crippen molar-refractivity contribution in [3.05, 3.63) is 143 Å². The van der Waals surface area contributed by atoms with Gasteiger partial charge in [0.1, 0.15) is 0 Å². The van der Waals surface area contributed by atoms with Gasteiger partial charge in [0.05, 0.1) is 5.41 Å². The van der Waals surface area contributed by atoms with Crippen LogP contribution in [-0.4, -0.2) is 0 Å². The summed E-state index contributed by atoms with van der Waals surface area (Å²) in [6, 6.07) is 42.3. The first kappa shape index (κ1) is 17.2. The van der Waals surface area contributed by atoms with Gasteiger partial charge in [-0.1, -0.05) is 121 Å². The molecule has 142 valence electrons. The Morgan fingerprint density at radius 3 is 1.83 bits per heavy atom. The summed E-state index contributed by atoms with van der Waals surface area (Å²) < 4.78 is 0. The lowest BCUT2D eigenvalue weighted by molar-refractivity contribution is 0.769. The minimum atomic E-state index is -0.315. The van der Waals surface area contributed by atoms with Crippen molar-refractivity contribution in [2.45, 2.75) is 12.3 Å². The standard InChI is InChI=1S/C30H22/c1-21-16-18-27-26(20-21)29-25-15-9-8-10-22(25)17-19-28(29)30(27,23-11-4-2-5-12-23)24-13-6-3-7-14-24/h2-20H,1H3. The molecule has 0 unspecified atom stereocenters. The van der Waals surface area contributed by atoms with Crippen LogP contribution >= 0.6 is 0 Å². The Balaban J connectivity index is 1.86. The Bertz CT molecular complexity index is 1340. The molecule has 0 amide bonds. The van der Waals surface area contributed by atoms with Crippen LogP contribution in [0.25, 0.3) is 21.9 Å². The van der Waals surface area contributed by atoms with E-state index in [1.54, 1.807) is 0 Å². The predicted molar refractivity (Wildman–Crippen MR) is 126 cm³/mol. The maximum atomic E-state index is 2.37. The van der Waals surface area contributed by atoms with E-state index in [1.807, 2.05) is 0 Å². The topological polar surface area (TPSA) is 0 Å². The van der Waals surface area contributed by atoms with E-state index < -0.39 is 0 Å². The molecule has 5 aromatic rings. The Kier molecular flexibility index (Phi) is 3.70. The molecular formula is C30H22. The van der Waals surface area contributed by atoms with Gasteiger partial charge in [-0.05, 0) is 51.1 Å². The molecule has 1 aliphatic carbocycles. The minimum Gasteiger partial charge on any atom is -0.0622 e. The highest BCUT2D eigenvalue weighted by molar-refractivity contribution is 6.04. The van der Waals surface area contributed by atoms with Crippen LogP contribution in [0, 0.1) is 6.92 Å². The van der Waals surface area contributed by atoms with Crippen LogP contribution in [0.5, 0.6) is 0 Å². The summed E-state index contributed by atoms with van der Waals surface area (Å²) in [5.41, 5.74) is 9.09. The molecule has 0 radical (unpaired) electrons. The third-order valence-corrected chi connectivity index (χ3v) is 6.60. The molecule has 0 heterocycles. The van der Waals surface area contributed by atoms with Crippen LogP contribution in [0.4, 0.5) is 0 Å². The average Bonchev–Trinajstić information content (AvgIpc) is 3.11. The normalized spacial score (nSPS) is 13.8. The van der Waals surface area contributed by atoms with Crippen molar-refractivity contribution < 1.29 is 0 Å². The zero-order valence-electron chi connectivity index (χ0n) is 17.0. The molecule has 6 rings (SSSR count). The molecule has 0 aliphatic heterocycles. The Hall–Kier alpha value is -3.64. The molecule has 0 saturated carbocycles. The lowest BCUT2D eigenvalue weighted by Gasteiger charge is -2.34. The van der Waals surface area contributed by atoms with Gasteiger partial charge in [0.15, 0.2) is 0 Å². The van der Waals surface area contributed by atoms with E-state index in [2.05, 4.69) is 122 Å². The van der Waals surface area contributed by atoms with Gasteiger partial charge in [-0.25, -0.2) is 0 Å². The van der Waals surface area contributed by atoms with Crippen LogP contribution in [-0.2, 0) is 5.41 Å². The number of aryl methyl sites for hydroxylation is 1. The maximum absolute atomic E-state index is 2.37. The number of benzene rings is 5. The molecule has 0 saturated heterocycles. The van der Waals surface area contributed by atoms with Gasteiger partial charge < -0.3 is 0 Å².